The van der Waals surface area contributed by atoms with Gasteiger partial charge in [0.05, 0.1) is 11.0 Å². The van der Waals surface area contributed by atoms with E-state index < -0.39 is 28.3 Å². The van der Waals surface area contributed by atoms with E-state index in [4.69, 9.17) is 4.74 Å². The van der Waals surface area contributed by atoms with Gasteiger partial charge in [-0.2, -0.15) is 8.42 Å². The zero-order valence-electron chi connectivity index (χ0n) is 14.4. The molecular formula is C15H23N3O5S. The van der Waals surface area contributed by atoms with Crippen LogP contribution in [0.3, 0.4) is 0 Å². The molecule has 2 N–H and O–H groups in total. The molecular weight excluding hydrogens is 334 g/mol. The van der Waals surface area contributed by atoms with Crippen LogP contribution in [0.25, 0.3) is 0 Å². The molecule has 0 spiro atoms. The molecule has 0 atom stereocenters. The molecule has 0 aliphatic rings. The highest BCUT2D eigenvalue weighted by molar-refractivity contribution is 7.89. The molecule has 0 aliphatic carbocycles. The Kier molecular flexibility index (Phi) is 6.59. The van der Waals surface area contributed by atoms with Gasteiger partial charge in [-0.3, -0.25) is 0 Å². The number of nitrogens with zero attached hydrogens (tertiary/aromatic N) is 1. The topological polar surface area (TPSA) is 105 Å². The lowest BCUT2D eigenvalue weighted by Gasteiger charge is -2.24. The second-order valence-corrected chi connectivity index (χ2v) is 7.54. The lowest BCUT2D eigenvalue weighted by molar-refractivity contribution is 0.102. The Hall–Kier alpha value is -2.29. The minimum absolute atomic E-state index is 0.128. The van der Waals surface area contributed by atoms with Crippen LogP contribution in [-0.4, -0.2) is 37.1 Å². The predicted molar refractivity (Wildman–Crippen MR) is 88.6 cm³/mol. The van der Waals surface area contributed by atoms with Crippen molar-refractivity contribution in [2.75, 3.05) is 0 Å². The number of hydrogen-bond acceptors (Lipinski definition) is 5. The number of hydrazine groups is 1. The summed E-state index contributed by atoms with van der Waals surface area (Å²) in [6.07, 6.45) is -1.51. The average molecular weight is 357 g/mol. The molecule has 8 nitrogen and oxygen atoms in total. The minimum atomic E-state index is -4.28. The number of ether oxygens (including phenoxy) is 1. The summed E-state index contributed by atoms with van der Waals surface area (Å²) >= 11 is 0. The molecule has 0 aliphatic heterocycles. The van der Waals surface area contributed by atoms with Crippen LogP contribution in [0.1, 0.15) is 33.3 Å². The summed E-state index contributed by atoms with van der Waals surface area (Å²) in [5.41, 5.74) is 2.84. The van der Waals surface area contributed by atoms with Gasteiger partial charge in [-0.15, -0.1) is 4.41 Å². The number of sulfonamides is 1. The Labute approximate surface area is 142 Å². The summed E-state index contributed by atoms with van der Waals surface area (Å²) in [5, 5.41) is 2.43. The highest BCUT2D eigenvalue weighted by Crippen LogP contribution is 2.15. The van der Waals surface area contributed by atoms with Crippen molar-refractivity contribution < 1.29 is 22.7 Å². The fourth-order valence-electron chi connectivity index (χ4n) is 1.66. The van der Waals surface area contributed by atoms with Gasteiger partial charge < -0.3 is 10.1 Å². The Morgan fingerprint density at radius 1 is 1.08 bits per heavy atom. The molecule has 0 heterocycles. The van der Waals surface area contributed by atoms with Gasteiger partial charge in [0, 0.05) is 6.04 Å². The monoisotopic (exact) mass is 357 g/mol. The van der Waals surface area contributed by atoms with Crippen molar-refractivity contribution in [3.8, 4) is 0 Å². The predicted octanol–water partition coefficient (Wildman–Crippen LogP) is 2.15. The first-order valence-corrected chi connectivity index (χ1v) is 8.87. The van der Waals surface area contributed by atoms with Crippen LogP contribution < -0.4 is 10.7 Å². The Morgan fingerprint density at radius 2 is 1.62 bits per heavy atom. The van der Waals surface area contributed by atoms with Crippen molar-refractivity contribution >= 4 is 22.1 Å². The van der Waals surface area contributed by atoms with Crippen molar-refractivity contribution in [3.63, 3.8) is 0 Å². The summed E-state index contributed by atoms with van der Waals surface area (Å²) < 4.78 is 30.5. The highest BCUT2D eigenvalue weighted by Gasteiger charge is 2.32. The number of rotatable bonds is 4. The smallest absolute Gasteiger partial charge is 0.427 e. The molecule has 134 valence electrons. The van der Waals surface area contributed by atoms with Gasteiger partial charge in [0.2, 0.25) is 0 Å². The van der Waals surface area contributed by atoms with E-state index in [1.54, 1.807) is 46.8 Å². The molecule has 3 amide bonds. The molecule has 1 aromatic rings. The molecule has 0 aromatic heterocycles. The van der Waals surface area contributed by atoms with Crippen molar-refractivity contribution in [3.05, 3.63) is 29.8 Å². The van der Waals surface area contributed by atoms with E-state index in [0.717, 1.165) is 5.56 Å². The highest BCUT2D eigenvalue weighted by atomic mass is 32.2. The van der Waals surface area contributed by atoms with Crippen LogP contribution in [0, 0.1) is 6.92 Å². The maximum atomic E-state index is 12.7. The first-order chi connectivity index (χ1) is 11.0. The summed E-state index contributed by atoms with van der Waals surface area (Å²) in [7, 11) is -4.28. The van der Waals surface area contributed by atoms with E-state index in [-0.39, 0.29) is 15.4 Å². The first kappa shape index (κ1) is 19.8. The molecule has 0 saturated carbocycles. The zero-order chi connectivity index (χ0) is 18.5. The summed E-state index contributed by atoms with van der Waals surface area (Å²) in [6.45, 7) is 8.35. The third kappa shape index (κ3) is 5.41. The van der Waals surface area contributed by atoms with Crippen molar-refractivity contribution in [2.45, 2.75) is 51.7 Å². The fraction of sp³-hybridized carbons (Fsp3) is 0.467. The molecule has 0 saturated heterocycles. The van der Waals surface area contributed by atoms with Gasteiger partial charge in [-0.1, -0.05) is 17.7 Å². The van der Waals surface area contributed by atoms with E-state index >= 15 is 0 Å². The molecule has 0 bridgehead atoms. The maximum absolute atomic E-state index is 12.7. The molecule has 24 heavy (non-hydrogen) atoms. The van der Waals surface area contributed by atoms with Gasteiger partial charge in [-0.25, -0.2) is 15.0 Å². The van der Waals surface area contributed by atoms with Crippen LogP contribution in [0.15, 0.2) is 29.2 Å². The Bertz CT molecular complexity index is 684. The molecule has 9 heteroatoms. The number of hydrogen-bond donors (Lipinski definition) is 2. The number of nitrogens with one attached hydrogen (secondary N) is 2. The average Bonchev–Trinajstić information content (AvgIpc) is 2.43. The van der Waals surface area contributed by atoms with Crippen molar-refractivity contribution in [2.24, 2.45) is 0 Å². The lowest BCUT2D eigenvalue weighted by atomic mass is 10.2. The number of amides is 3. The molecule has 0 fully saturated rings. The SMILES string of the molecule is Cc1ccc(S(=O)(=O)N(NC(=O)OC(C)C)C(=O)NC(C)C)cc1. The molecule has 1 rings (SSSR count). The lowest BCUT2D eigenvalue weighted by Crippen LogP contribution is -2.55. The van der Waals surface area contributed by atoms with Crippen LogP contribution >= 0.6 is 0 Å². The third-order valence-corrected chi connectivity index (χ3v) is 4.30. The van der Waals surface area contributed by atoms with E-state index in [2.05, 4.69) is 5.32 Å². The van der Waals surface area contributed by atoms with E-state index in [1.807, 2.05) is 5.43 Å². The van der Waals surface area contributed by atoms with E-state index in [9.17, 15) is 18.0 Å². The maximum Gasteiger partial charge on any atom is 0.427 e. The van der Waals surface area contributed by atoms with Gasteiger partial charge in [0.25, 0.3) is 10.0 Å². The minimum Gasteiger partial charge on any atom is -0.446 e. The third-order valence-electron chi connectivity index (χ3n) is 2.69. The number of benzene rings is 1. The van der Waals surface area contributed by atoms with Crippen LogP contribution in [0.2, 0.25) is 0 Å². The molecule has 0 radical (unpaired) electrons. The van der Waals surface area contributed by atoms with Crippen LogP contribution in [-0.2, 0) is 14.8 Å². The van der Waals surface area contributed by atoms with Gasteiger partial charge >= 0.3 is 12.1 Å². The van der Waals surface area contributed by atoms with Gasteiger partial charge in [0.1, 0.15) is 0 Å². The van der Waals surface area contributed by atoms with Crippen LogP contribution in [0.4, 0.5) is 9.59 Å². The number of urea groups is 1. The summed E-state index contributed by atoms with van der Waals surface area (Å²) in [4.78, 5) is 23.9. The van der Waals surface area contributed by atoms with Gasteiger partial charge in [-0.05, 0) is 46.8 Å². The number of aryl methyl sites for hydroxylation is 1. The standard InChI is InChI=1S/C15H23N3O5S/c1-10(2)16-14(19)18(17-15(20)23-11(3)4)24(21,22)13-8-6-12(5)7-9-13/h6-11H,1-5H3,(H,16,19)(H,17,20). The summed E-state index contributed by atoms with van der Waals surface area (Å²) in [5.74, 6) is 0. The van der Waals surface area contributed by atoms with E-state index in [1.165, 1.54) is 12.1 Å². The van der Waals surface area contributed by atoms with Gasteiger partial charge in [0.15, 0.2) is 0 Å². The Morgan fingerprint density at radius 3 is 2.08 bits per heavy atom. The van der Waals surface area contributed by atoms with Crippen molar-refractivity contribution in [1.29, 1.82) is 0 Å². The number of carbonyl (C=O) groups is 2. The van der Waals surface area contributed by atoms with Crippen molar-refractivity contribution in [1.82, 2.24) is 15.2 Å². The molecule has 0 unspecified atom stereocenters. The quantitative estimate of drug-likeness (QED) is 0.804. The summed E-state index contributed by atoms with van der Waals surface area (Å²) in [6, 6.07) is 4.60. The normalized spacial score (nSPS) is 11.3. The first-order valence-electron chi connectivity index (χ1n) is 7.43. The number of carbonyl (C=O) groups excluding carboxylic acids is 2. The van der Waals surface area contributed by atoms with Crippen LogP contribution in [0.5, 0.6) is 0 Å². The largest absolute Gasteiger partial charge is 0.446 e. The fourth-order valence-corrected chi connectivity index (χ4v) is 2.82. The Balaban J connectivity index is 3.17. The second kappa shape index (κ2) is 8.00. The molecule has 1 aromatic carbocycles. The zero-order valence-corrected chi connectivity index (χ0v) is 15.2. The van der Waals surface area contributed by atoms with E-state index in [0.29, 0.717) is 0 Å². The second-order valence-electron chi connectivity index (χ2n) is 5.75.